The fourth-order valence-electron chi connectivity index (χ4n) is 1.17. The molecule has 1 nitrogen and oxygen atoms in total. The van der Waals surface area contributed by atoms with Gasteiger partial charge >= 0.3 is 0 Å². The highest BCUT2D eigenvalue weighted by Gasteiger charge is 2.16. The number of hydrogen-bond donors (Lipinski definition) is 0. The second-order valence-corrected chi connectivity index (χ2v) is 4.05. The third-order valence-electron chi connectivity index (χ3n) is 1.71. The van der Waals surface area contributed by atoms with E-state index in [1.807, 2.05) is 0 Å². The smallest absolute Gasteiger partial charge is 0.0124 e. The van der Waals surface area contributed by atoms with Gasteiger partial charge in [-0.1, -0.05) is 34.1 Å². The van der Waals surface area contributed by atoms with E-state index in [4.69, 9.17) is 0 Å². The van der Waals surface area contributed by atoms with E-state index in [2.05, 4.69) is 53.4 Å². The van der Waals surface area contributed by atoms with Crippen molar-refractivity contribution in [3.05, 3.63) is 0 Å². The Hall–Kier alpha value is -0.0400. The van der Waals surface area contributed by atoms with Gasteiger partial charge in [0.1, 0.15) is 0 Å². The molecule has 0 saturated heterocycles. The maximum atomic E-state index is 2.44. The molecule has 0 amide bonds. The van der Waals surface area contributed by atoms with E-state index in [9.17, 15) is 0 Å². The second kappa shape index (κ2) is 7.60. The maximum Gasteiger partial charge on any atom is 0.0124 e. The minimum atomic E-state index is 0.351. The summed E-state index contributed by atoms with van der Waals surface area (Å²) in [5.74, 6) is 0. The molecular formula is C11H27N. The summed E-state index contributed by atoms with van der Waals surface area (Å²) < 4.78 is 0. The molecule has 76 valence electrons. The van der Waals surface area contributed by atoms with E-state index in [1.54, 1.807) is 0 Å². The average Bonchev–Trinajstić information content (AvgIpc) is 1.88. The Morgan fingerprint density at radius 3 is 1.08 bits per heavy atom. The molecule has 0 aromatic heterocycles. The average molecular weight is 173 g/mol. The summed E-state index contributed by atoms with van der Waals surface area (Å²) in [6, 6.07) is 0. The molecule has 0 aromatic carbocycles. The lowest BCUT2D eigenvalue weighted by Gasteiger charge is -2.33. The molecule has 0 bridgehead atoms. The molecule has 0 spiro atoms. The Labute approximate surface area is 79.2 Å². The van der Waals surface area contributed by atoms with Gasteiger partial charge in [-0.2, -0.15) is 0 Å². The quantitative estimate of drug-likeness (QED) is 0.617. The van der Waals surface area contributed by atoms with Gasteiger partial charge in [-0.25, -0.2) is 0 Å². The molecule has 12 heavy (non-hydrogen) atoms. The molecule has 0 aliphatic heterocycles. The second-order valence-electron chi connectivity index (χ2n) is 4.05. The van der Waals surface area contributed by atoms with Gasteiger partial charge < -0.3 is 0 Å². The van der Waals surface area contributed by atoms with Crippen LogP contribution < -0.4 is 0 Å². The molecule has 0 radical (unpaired) electrons. The first kappa shape index (κ1) is 14.5. The highest BCUT2D eigenvalue weighted by atomic mass is 15.2. The van der Waals surface area contributed by atoms with E-state index in [1.165, 1.54) is 6.42 Å². The minimum absolute atomic E-state index is 0.351. The van der Waals surface area contributed by atoms with Crippen LogP contribution in [0.15, 0.2) is 0 Å². The highest BCUT2D eigenvalue weighted by molar-refractivity contribution is 4.73. The van der Waals surface area contributed by atoms with Crippen molar-refractivity contribution in [1.29, 1.82) is 0 Å². The monoisotopic (exact) mass is 173 g/mol. The Kier molecular flexibility index (Phi) is 9.17. The van der Waals surface area contributed by atoms with Crippen LogP contribution in [0.5, 0.6) is 0 Å². The fraction of sp³-hybridized carbons (Fsp3) is 1.00. The Morgan fingerprint density at radius 2 is 1.08 bits per heavy atom. The maximum absolute atomic E-state index is 2.44. The van der Waals surface area contributed by atoms with Gasteiger partial charge in [-0.3, -0.25) is 4.90 Å². The van der Waals surface area contributed by atoms with Crippen molar-refractivity contribution in [2.75, 3.05) is 13.1 Å². The predicted octanol–water partition coefficient (Wildman–Crippen LogP) is 3.54. The molecule has 0 unspecified atom stereocenters. The molecule has 0 atom stereocenters. The van der Waals surface area contributed by atoms with Crippen LogP contribution in [0.4, 0.5) is 0 Å². The lowest BCUT2D eigenvalue weighted by molar-refractivity contribution is 0.153. The van der Waals surface area contributed by atoms with Gasteiger partial charge in [0.15, 0.2) is 0 Å². The molecule has 1 heteroatoms. The lowest BCUT2D eigenvalue weighted by Crippen LogP contribution is -2.40. The summed E-state index contributed by atoms with van der Waals surface area (Å²) in [4.78, 5) is 2.44. The zero-order chi connectivity index (χ0) is 10.2. The van der Waals surface area contributed by atoms with Crippen LogP contribution in [-0.2, 0) is 0 Å². The molecule has 0 fully saturated rings. The van der Waals surface area contributed by atoms with E-state index >= 15 is 0 Å². The van der Waals surface area contributed by atoms with Crippen molar-refractivity contribution in [2.45, 2.75) is 60.4 Å². The van der Waals surface area contributed by atoms with E-state index in [-0.39, 0.29) is 0 Å². The van der Waals surface area contributed by atoms with Crippen LogP contribution in [0.1, 0.15) is 54.9 Å². The van der Waals surface area contributed by atoms with E-state index < -0.39 is 0 Å². The number of hydrogen-bond acceptors (Lipinski definition) is 1. The summed E-state index contributed by atoms with van der Waals surface area (Å²) in [7, 11) is 0. The molecule has 0 saturated carbocycles. The van der Waals surface area contributed by atoms with Crippen molar-refractivity contribution >= 4 is 0 Å². The SMILES string of the molecule is CCC.CCN(CC)C(C)(C)C. The van der Waals surface area contributed by atoms with Gasteiger partial charge in [0.05, 0.1) is 0 Å². The molecule has 0 aromatic rings. The summed E-state index contributed by atoms with van der Waals surface area (Å²) in [6.07, 6.45) is 1.25. The first-order valence-corrected chi connectivity index (χ1v) is 5.18. The molecule has 0 N–H and O–H groups in total. The topological polar surface area (TPSA) is 3.24 Å². The Balaban J connectivity index is 0. The number of rotatable bonds is 2. The van der Waals surface area contributed by atoms with Crippen LogP contribution in [0.3, 0.4) is 0 Å². The highest BCUT2D eigenvalue weighted by Crippen LogP contribution is 2.10. The number of nitrogens with zero attached hydrogens (tertiary/aromatic N) is 1. The third kappa shape index (κ3) is 8.06. The van der Waals surface area contributed by atoms with Crippen molar-refractivity contribution in [1.82, 2.24) is 4.90 Å². The minimum Gasteiger partial charge on any atom is -0.299 e. The summed E-state index contributed by atoms with van der Waals surface area (Å²) in [6.45, 7) is 17.7. The van der Waals surface area contributed by atoms with Crippen LogP contribution in [0.2, 0.25) is 0 Å². The normalized spacial score (nSPS) is 11.0. The fourth-order valence-corrected chi connectivity index (χ4v) is 1.17. The first-order valence-electron chi connectivity index (χ1n) is 5.18. The van der Waals surface area contributed by atoms with Crippen LogP contribution in [0.25, 0.3) is 0 Å². The molecule has 0 aliphatic rings. The lowest BCUT2D eigenvalue weighted by atomic mass is 10.1. The van der Waals surface area contributed by atoms with Crippen molar-refractivity contribution in [3.63, 3.8) is 0 Å². The van der Waals surface area contributed by atoms with Gasteiger partial charge in [0.25, 0.3) is 0 Å². The summed E-state index contributed by atoms with van der Waals surface area (Å²) in [5, 5.41) is 0. The van der Waals surface area contributed by atoms with Crippen molar-refractivity contribution in [3.8, 4) is 0 Å². The van der Waals surface area contributed by atoms with Crippen molar-refractivity contribution in [2.24, 2.45) is 0 Å². The molecule has 0 aliphatic carbocycles. The first-order chi connectivity index (χ1) is 5.43. The zero-order valence-corrected chi connectivity index (χ0v) is 10.1. The van der Waals surface area contributed by atoms with Crippen LogP contribution in [-0.4, -0.2) is 23.5 Å². The third-order valence-corrected chi connectivity index (χ3v) is 1.71. The zero-order valence-electron chi connectivity index (χ0n) is 10.1. The van der Waals surface area contributed by atoms with Crippen LogP contribution in [0, 0.1) is 0 Å². The Morgan fingerprint density at radius 1 is 0.833 bits per heavy atom. The molecule has 0 rings (SSSR count). The standard InChI is InChI=1S/C8H19N.C3H8/c1-6-9(7-2)8(3,4)5;1-3-2/h6-7H2,1-5H3;3H2,1-2H3. The van der Waals surface area contributed by atoms with E-state index in [0.29, 0.717) is 5.54 Å². The summed E-state index contributed by atoms with van der Waals surface area (Å²) in [5.41, 5.74) is 0.351. The van der Waals surface area contributed by atoms with Crippen molar-refractivity contribution < 1.29 is 0 Å². The Bertz CT molecular complexity index is 77.5. The largest absolute Gasteiger partial charge is 0.299 e. The van der Waals surface area contributed by atoms with Gasteiger partial charge in [0.2, 0.25) is 0 Å². The van der Waals surface area contributed by atoms with Gasteiger partial charge in [-0.15, -0.1) is 0 Å². The summed E-state index contributed by atoms with van der Waals surface area (Å²) >= 11 is 0. The molecular weight excluding hydrogens is 146 g/mol. The predicted molar refractivity (Wildman–Crippen MR) is 58.6 cm³/mol. The van der Waals surface area contributed by atoms with Gasteiger partial charge in [-0.05, 0) is 33.9 Å². The van der Waals surface area contributed by atoms with Gasteiger partial charge in [0, 0.05) is 5.54 Å². The molecule has 0 heterocycles. The van der Waals surface area contributed by atoms with E-state index in [0.717, 1.165) is 13.1 Å². The van der Waals surface area contributed by atoms with Crippen LogP contribution >= 0.6 is 0 Å².